The standard InChI is InChI=1S/C15H21N2O4P/c1-11(15(18)20-13-6-4-7-13)17(22-19)21-14-8-3-2-5-12(14)9-10-16/h2-3,5,8,11,13H,4,6-7,9-10,16H2,1H3. The molecule has 2 N–H and O–H groups in total. The number of carbonyl (C=O) groups is 1. The van der Waals surface area contributed by atoms with Crippen molar-refractivity contribution < 1.29 is 18.9 Å². The van der Waals surface area contributed by atoms with Crippen LogP contribution in [0.25, 0.3) is 0 Å². The fourth-order valence-corrected chi connectivity index (χ4v) is 2.42. The molecule has 0 bridgehead atoms. The van der Waals surface area contributed by atoms with E-state index in [-0.39, 0.29) is 6.10 Å². The molecule has 1 saturated carbocycles. The number of hydrogen-bond acceptors (Lipinski definition) is 5. The molecule has 6 nitrogen and oxygen atoms in total. The van der Waals surface area contributed by atoms with Gasteiger partial charge in [-0.05, 0) is 55.6 Å². The van der Waals surface area contributed by atoms with Crippen LogP contribution in [-0.4, -0.2) is 29.5 Å². The van der Waals surface area contributed by atoms with E-state index in [0.717, 1.165) is 29.7 Å². The summed E-state index contributed by atoms with van der Waals surface area (Å²) in [6.45, 7) is 2.09. The summed E-state index contributed by atoms with van der Waals surface area (Å²) in [5.74, 6) is 0.115. The lowest BCUT2D eigenvalue weighted by Crippen LogP contribution is -2.39. The summed E-state index contributed by atoms with van der Waals surface area (Å²) in [7, 11) is -0.400. The predicted molar refractivity (Wildman–Crippen MR) is 82.5 cm³/mol. The van der Waals surface area contributed by atoms with Gasteiger partial charge in [0, 0.05) is 0 Å². The first-order valence-corrected chi connectivity index (χ1v) is 8.21. The van der Waals surface area contributed by atoms with E-state index in [0.29, 0.717) is 18.7 Å². The molecule has 1 aromatic rings. The molecule has 0 saturated heterocycles. The maximum absolute atomic E-state index is 12.0. The second-order valence-corrected chi connectivity index (χ2v) is 5.85. The van der Waals surface area contributed by atoms with Crippen molar-refractivity contribution in [2.75, 3.05) is 6.54 Å². The van der Waals surface area contributed by atoms with E-state index in [1.165, 1.54) is 0 Å². The first-order valence-electron chi connectivity index (χ1n) is 7.44. The van der Waals surface area contributed by atoms with E-state index in [4.69, 9.17) is 15.3 Å². The van der Waals surface area contributed by atoms with Crippen LogP contribution < -0.4 is 10.6 Å². The van der Waals surface area contributed by atoms with Crippen LogP contribution in [0.1, 0.15) is 31.7 Å². The molecule has 120 valence electrons. The van der Waals surface area contributed by atoms with E-state index >= 15 is 0 Å². The molecule has 0 spiro atoms. The molecular formula is C15H21N2O4P. The van der Waals surface area contributed by atoms with Gasteiger partial charge in [0.05, 0.1) is 0 Å². The Hall–Kier alpha value is -1.49. The number of hydrogen-bond donors (Lipinski definition) is 1. The monoisotopic (exact) mass is 324 g/mol. The van der Waals surface area contributed by atoms with Crippen molar-refractivity contribution >= 4 is 14.6 Å². The number of ether oxygens (including phenoxy) is 1. The first-order chi connectivity index (χ1) is 10.7. The molecule has 1 atom stereocenters. The van der Waals surface area contributed by atoms with Gasteiger partial charge < -0.3 is 15.3 Å². The van der Waals surface area contributed by atoms with Crippen LogP contribution in [0.2, 0.25) is 0 Å². The van der Waals surface area contributed by atoms with Gasteiger partial charge in [0.2, 0.25) is 0 Å². The third kappa shape index (κ3) is 4.26. The minimum absolute atomic E-state index is 0.00959. The number of hydroxylamine groups is 1. The van der Waals surface area contributed by atoms with Crippen molar-refractivity contribution in [3.05, 3.63) is 29.8 Å². The largest absolute Gasteiger partial charge is 0.461 e. The third-order valence-electron chi connectivity index (χ3n) is 3.67. The van der Waals surface area contributed by atoms with Crippen LogP contribution in [0.4, 0.5) is 0 Å². The van der Waals surface area contributed by atoms with Crippen molar-refractivity contribution in [2.45, 2.75) is 44.8 Å². The van der Waals surface area contributed by atoms with Crippen molar-refractivity contribution in [2.24, 2.45) is 5.73 Å². The molecule has 2 rings (SSSR count). The van der Waals surface area contributed by atoms with E-state index in [9.17, 15) is 9.36 Å². The number of nitrogens with two attached hydrogens (primary N) is 1. The van der Waals surface area contributed by atoms with E-state index in [1.54, 1.807) is 13.0 Å². The summed E-state index contributed by atoms with van der Waals surface area (Å²) < 4.78 is 16.7. The van der Waals surface area contributed by atoms with Gasteiger partial charge in [-0.25, -0.2) is 0 Å². The molecule has 0 aliphatic heterocycles. The van der Waals surface area contributed by atoms with Gasteiger partial charge >= 0.3 is 5.97 Å². The van der Waals surface area contributed by atoms with Crippen molar-refractivity contribution in [3.8, 4) is 5.75 Å². The molecule has 1 aliphatic rings. The van der Waals surface area contributed by atoms with Gasteiger partial charge in [-0.3, -0.25) is 9.36 Å². The molecule has 0 amide bonds. The second kappa shape index (κ2) is 8.22. The molecule has 1 fully saturated rings. The Morgan fingerprint density at radius 3 is 2.77 bits per heavy atom. The van der Waals surface area contributed by atoms with E-state index in [1.807, 2.05) is 18.2 Å². The fourth-order valence-electron chi connectivity index (χ4n) is 2.06. The van der Waals surface area contributed by atoms with Crippen LogP contribution in [0.3, 0.4) is 0 Å². The molecular weight excluding hydrogens is 303 g/mol. The highest BCUT2D eigenvalue weighted by molar-refractivity contribution is 7.20. The summed E-state index contributed by atoms with van der Waals surface area (Å²) in [6, 6.07) is 6.58. The van der Waals surface area contributed by atoms with Crippen LogP contribution in [0.15, 0.2) is 24.3 Å². The molecule has 0 aromatic heterocycles. The van der Waals surface area contributed by atoms with Gasteiger partial charge in [-0.2, -0.15) is 0 Å². The lowest BCUT2D eigenvalue weighted by Gasteiger charge is -2.28. The average Bonchev–Trinajstić information content (AvgIpc) is 2.49. The minimum atomic E-state index is -0.759. The zero-order valence-electron chi connectivity index (χ0n) is 12.6. The van der Waals surface area contributed by atoms with Gasteiger partial charge in [-0.1, -0.05) is 18.2 Å². The number of nitrogens with zero attached hydrogens (tertiary/aromatic N) is 1. The van der Waals surface area contributed by atoms with Gasteiger partial charge in [-0.15, -0.1) is 0 Å². The quantitative estimate of drug-likeness (QED) is 0.449. The summed E-state index contributed by atoms with van der Waals surface area (Å²) >= 11 is 0. The van der Waals surface area contributed by atoms with Crippen molar-refractivity contribution in [1.82, 2.24) is 4.83 Å². The highest BCUT2D eigenvalue weighted by Crippen LogP contribution is 2.26. The van der Waals surface area contributed by atoms with E-state index < -0.39 is 20.6 Å². The van der Waals surface area contributed by atoms with Gasteiger partial charge in [0.25, 0.3) is 8.61 Å². The SMILES string of the molecule is CC(C(=O)OC1CCC1)N(Oc1ccccc1CCN)P=O. The highest BCUT2D eigenvalue weighted by Gasteiger charge is 2.30. The second-order valence-electron chi connectivity index (χ2n) is 5.29. The summed E-state index contributed by atoms with van der Waals surface area (Å²) in [5.41, 5.74) is 6.47. The van der Waals surface area contributed by atoms with Crippen LogP contribution in [0.5, 0.6) is 5.75 Å². The summed E-state index contributed by atoms with van der Waals surface area (Å²) in [5, 5.41) is 0. The molecule has 1 unspecified atom stereocenters. The number of para-hydroxylation sites is 1. The fraction of sp³-hybridized carbons (Fsp3) is 0.533. The number of esters is 1. The molecule has 7 heteroatoms. The van der Waals surface area contributed by atoms with Crippen molar-refractivity contribution in [1.29, 1.82) is 0 Å². The molecule has 0 heterocycles. The maximum atomic E-state index is 12.0. The Labute approximate surface area is 131 Å². The normalized spacial score (nSPS) is 16.3. The van der Waals surface area contributed by atoms with Crippen LogP contribution >= 0.6 is 8.61 Å². The Kier molecular flexibility index (Phi) is 6.31. The van der Waals surface area contributed by atoms with E-state index in [2.05, 4.69) is 0 Å². The number of rotatable bonds is 8. The Bertz CT molecular complexity index is 522. The van der Waals surface area contributed by atoms with Crippen molar-refractivity contribution in [3.63, 3.8) is 0 Å². The number of benzene rings is 1. The zero-order valence-corrected chi connectivity index (χ0v) is 13.5. The lowest BCUT2D eigenvalue weighted by atomic mass is 9.96. The highest BCUT2D eigenvalue weighted by atomic mass is 31.1. The topological polar surface area (TPSA) is 81.9 Å². The molecule has 1 aromatic carbocycles. The zero-order chi connectivity index (χ0) is 15.9. The minimum Gasteiger partial charge on any atom is -0.461 e. The summed E-state index contributed by atoms with van der Waals surface area (Å²) in [4.78, 5) is 18.7. The molecule has 0 radical (unpaired) electrons. The van der Waals surface area contributed by atoms with Crippen LogP contribution in [0, 0.1) is 0 Å². The predicted octanol–water partition coefficient (Wildman–Crippen LogP) is 2.47. The maximum Gasteiger partial charge on any atom is 0.327 e. The smallest absolute Gasteiger partial charge is 0.327 e. The average molecular weight is 324 g/mol. The van der Waals surface area contributed by atoms with Gasteiger partial charge in [0.1, 0.15) is 6.10 Å². The Morgan fingerprint density at radius 1 is 1.45 bits per heavy atom. The lowest BCUT2D eigenvalue weighted by molar-refractivity contribution is -0.163. The third-order valence-corrected chi connectivity index (χ3v) is 4.26. The molecule has 1 aliphatic carbocycles. The van der Waals surface area contributed by atoms with Crippen LogP contribution in [-0.2, 0) is 20.5 Å². The Balaban J connectivity index is 2.01. The first kappa shape index (κ1) is 16.9. The summed E-state index contributed by atoms with van der Waals surface area (Å²) in [6.07, 6.45) is 3.51. The number of carbonyl (C=O) groups excluding carboxylic acids is 1. The van der Waals surface area contributed by atoms with Gasteiger partial charge in [0.15, 0.2) is 11.8 Å². The Morgan fingerprint density at radius 2 is 2.18 bits per heavy atom. The molecule has 22 heavy (non-hydrogen) atoms.